The van der Waals surface area contributed by atoms with E-state index in [1.807, 2.05) is 0 Å². The van der Waals surface area contributed by atoms with Crippen molar-refractivity contribution in [2.45, 2.75) is 63.0 Å². The smallest absolute Gasteiger partial charge is 0.275 e. The Kier molecular flexibility index (Phi) is 4.65. The van der Waals surface area contributed by atoms with Gasteiger partial charge in [0.15, 0.2) is 11.4 Å². The summed E-state index contributed by atoms with van der Waals surface area (Å²) in [5, 5.41) is 23.7. The molecule has 2 atom stereocenters. The van der Waals surface area contributed by atoms with E-state index in [4.69, 9.17) is 0 Å². The van der Waals surface area contributed by atoms with Crippen LogP contribution in [0, 0.1) is 17.5 Å². The zero-order valence-corrected chi connectivity index (χ0v) is 17.2. The maximum atomic E-state index is 14.1. The van der Waals surface area contributed by atoms with Crippen LogP contribution in [0.1, 0.15) is 66.5 Å². The molecule has 1 unspecified atom stereocenters. The number of aromatic nitrogens is 1. The summed E-state index contributed by atoms with van der Waals surface area (Å²) in [6, 6.07) is 0.0270. The average Bonchev–Trinajstić information content (AvgIpc) is 3.25. The molecule has 1 amide bonds. The van der Waals surface area contributed by atoms with Crippen molar-refractivity contribution in [2.75, 3.05) is 0 Å². The zero-order chi connectivity index (χ0) is 22.9. The molecule has 1 aromatic heterocycles. The molecule has 0 aliphatic carbocycles. The van der Waals surface area contributed by atoms with Crippen LogP contribution >= 0.6 is 0 Å². The molecule has 3 aliphatic heterocycles. The van der Waals surface area contributed by atoms with Gasteiger partial charge < -0.3 is 19.7 Å². The second-order valence-corrected chi connectivity index (χ2v) is 8.94. The average molecular weight is 449 g/mol. The third kappa shape index (κ3) is 2.89. The van der Waals surface area contributed by atoms with Crippen LogP contribution in [0.2, 0.25) is 0 Å². The molecule has 1 aromatic carbocycles. The number of carbonyl (C=O) groups excluding carboxylic acids is 1. The van der Waals surface area contributed by atoms with Gasteiger partial charge in [0.1, 0.15) is 23.7 Å². The van der Waals surface area contributed by atoms with E-state index in [1.165, 1.54) is 17.7 Å². The first-order valence-electron chi connectivity index (χ1n) is 10.5. The molecule has 5 rings (SSSR count). The van der Waals surface area contributed by atoms with Crippen molar-refractivity contribution in [2.24, 2.45) is 0 Å². The first kappa shape index (κ1) is 21.0. The van der Waals surface area contributed by atoms with Gasteiger partial charge in [0.05, 0.1) is 11.1 Å². The number of benzene rings is 1. The van der Waals surface area contributed by atoms with Gasteiger partial charge in [-0.25, -0.2) is 13.2 Å². The van der Waals surface area contributed by atoms with E-state index in [0.717, 1.165) is 25.7 Å². The minimum absolute atomic E-state index is 0.110. The maximum absolute atomic E-state index is 14.1. The summed E-state index contributed by atoms with van der Waals surface area (Å²) in [6.45, 7) is 1.73. The molecule has 4 heterocycles. The molecule has 170 valence electrons. The summed E-state index contributed by atoms with van der Waals surface area (Å²) < 4.78 is 42.9. The fraction of sp³-hybridized carbons (Fsp3) is 0.455. The number of hydrogen-bond donors (Lipinski definition) is 3. The Morgan fingerprint density at radius 1 is 1.16 bits per heavy atom. The van der Waals surface area contributed by atoms with Crippen LogP contribution in [-0.2, 0) is 6.54 Å². The Bertz CT molecular complexity index is 1170. The zero-order valence-electron chi connectivity index (χ0n) is 17.2. The van der Waals surface area contributed by atoms with Crippen molar-refractivity contribution in [3.05, 3.63) is 62.8 Å². The highest BCUT2D eigenvalue weighted by atomic mass is 19.1. The van der Waals surface area contributed by atoms with Crippen molar-refractivity contribution in [3.63, 3.8) is 0 Å². The summed E-state index contributed by atoms with van der Waals surface area (Å²) >= 11 is 0. The predicted octanol–water partition coefficient (Wildman–Crippen LogP) is 2.46. The van der Waals surface area contributed by atoms with Crippen molar-refractivity contribution < 1.29 is 28.2 Å². The number of fused-ring (bicyclic) bond motifs is 1. The Morgan fingerprint density at radius 3 is 2.41 bits per heavy atom. The lowest BCUT2D eigenvalue weighted by molar-refractivity contribution is 0.0487. The second kappa shape index (κ2) is 7.08. The topological polar surface area (TPSA) is 94.8 Å². The lowest BCUT2D eigenvalue weighted by Gasteiger charge is -2.41. The number of pyridine rings is 1. The molecule has 2 bridgehead atoms. The Hall–Kier alpha value is -2.85. The number of amides is 1. The van der Waals surface area contributed by atoms with E-state index in [2.05, 4.69) is 5.32 Å². The molecule has 3 aliphatic rings. The molecular formula is C22H22F3N3O4. The van der Waals surface area contributed by atoms with Gasteiger partial charge in [-0.05, 0) is 32.6 Å². The number of nitrogens with one attached hydrogen (secondary N) is 1. The summed E-state index contributed by atoms with van der Waals surface area (Å²) in [7, 11) is 0. The van der Waals surface area contributed by atoms with Crippen LogP contribution in [-0.4, -0.2) is 37.2 Å². The molecule has 2 saturated heterocycles. The minimum Gasteiger partial charge on any atom is -0.503 e. The van der Waals surface area contributed by atoms with Crippen molar-refractivity contribution in [1.29, 1.82) is 0 Å². The third-order valence-electron chi connectivity index (χ3n) is 7.11. The number of aliphatic hydroxyl groups excluding tert-OH is 1. The lowest BCUT2D eigenvalue weighted by Crippen LogP contribution is -2.53. The third-order valence-corrected chi connectivity index (χ3v) is 7.11. The number of aliphatic hydroxyl groups is 1. The van der Waals surface area contributed by atoms with Gasteiger partial charge in [-0.15, -0.1) is 0 Å². The van der Waals surface area contributed by atoms with E-state index >= 15 is 0 Å². The minimum atomic E-state index is -1.70. The monoisotopic (exact) mass is 449 g/mol. The standard InChI is InChI=1S/C22H22F3N3O4/c1-10(16-14(24)6-11(23)7-15(16)25)26-20(31)13-8-27-9-22-4-2-12(3-5-22)28(22)21(32)17(27)19(30)18(13)29/h6-8,10,12,20,26,30-31H,2-5,9H2,1H3/t10-,12?,20?,22?/m1/s1. The largest absolute Gasteiger partial charge is 0.503 e. The fourth-order valence-corrected chi connectivity index (χ4v) is 5.66. The van der Waals surface area contributed by atoms with Crippen LogP contribution in [0.4, 0.5) is 13.2 Å². The lowest BCUT2D eigenvalue weighted by atomic mass is 9.86. The molecule has 0 saturated carbocycles. The summed E-state index contributed by atoms with van der Waals surface area (Å²) in [5.41, 5.74) is -2.18. The maximum Gasteiger partial charge on any atom is 0.275 e. The molecule has 0 spiro atoms. The van der Waals surface area contributed by atoms with E-state index in [0.29, 0.717) is 18.7 Å². The van der Waals surface area contributed by atoms with Crippen molar-refractivity contribution in [3.8, 4) is 5.75 Å². The molecule has 0 radical (unpaired) electrons. The highest BCUT2D eigenvalue weighted by Crippen LogP contribution is 2.50. The van der Waals surface area contributed by atoms with Gasteiger partial charge in [0.25, 0.3) is 5.91 Å². The Morgan fingerprint density at radius 2 is 1.78 bits per heavy atom. The highest BCUT2D eigenvalue weighted by Gasteiger charge is 2.57. The van der Waals surface area contributed by atoms with Crippen LogP contribution in [0.15, 0.2) is 23.1 Å². The van der Waals surface area contributed by atoms with Gasteiger partial charge in [0.2, 0.25) is 5.43 Å². The van der Waals surface area contributed by atoms with E-state index < -0.39 is 52.4 Å². The van der Waals surface area contributed by atoms with E-state index in [1.54, 1.807) is 4.90 Å². The predicted molar refractivity (Wildman–Crippen MR) is 106 cm³/mol. The van der Waals surface area contributed by atoms with Crippen LogP contribution in [0.25, 0.3) is 0 Å². The van der Waals surface area contributed by atoms with E-state index in [-0.39, 0.29) is 22.8 Å². The normalized spacial score (nSPS) is 25.6. The Labute approximate surface area is 181 Å². The molecule has 32 heavy (non-hydrogen) atoms. The van der Waals surface area contributed by atoms with Crippen molar-refractivity contribution >= 4 is 5.91 Å². The van der Waals surface area contributed by atoms with Crippen LogP contribution in [0.3, 0.4) is 0 Å². The molecule has 2 fully saturated rings. The number of nitrogens with zero attached hydrogens (tertiary/aromatic N) is 2. The molecule has 2 aromatic rings. The number of halogens is 3. The number of aromatic hydroxyl groups is 1. The second-order valence-electron chi connectivity index (χ2n) is 8.94. The summed E-state index contributed by atoms with van der Waals surface area (Å²) in [6.07, 6.45) is 3.01. The van der Waals surface area contributed by atoms with E-state index in [9.17, 15) is 33.0 Å². The fourth-order valence-electron chi connectivity index (χ4n) is 5.66. The molecule has 7 nitrogen and oxygen atoms in total. The Balaban J connectivity index is 1.49. The van der Waals surface area contributed by atoms with Gasteiger partial charge in [-0.2, -0.15) is 0 Å². The number of carbonyl (C=O) groups is 1. The van der Waals surface area contributed by atoms with Gasteiger partial charge in [0, 0.05) is 42.5 Å². The van der Waals surface area contributed by atoms with Gasteiger partial charge in [-0.3, -0.25) is 14.9 Å². The van der Waals surface area contributed by atoms with Crippen LogP contribution < -0.4 is 10.7 Å². The first-order chi connectivity index (χ1) is 15.1. The molecule has 3 N–H and O–H groups in total. The van der Waals surface area contributed by atoms with Crippen LogP contribution in [0.5, 0.6) is 5.75 Å². The number of hydrogen-bond acceptors (Lipinski definition) is 5. The quantitative estimate of drug-likeness (QED) is 0.624. The van der Waals surface area contributed by atoms with Gasteiger partial charge in [-0.1, -0.05) is 0 Å². The van der Waals surface area contributed by atoms with Gasteiger partial charge >= 0.3 is 0 Å². The van der Waals surface area contributed by atoms with Crippen molar-refractivity contribution in [1.82, 2.24) is 14.8 Å². The molecular weight excluding hydrogens is 427 g/mol. The summed E-state index contributed by atoms with van der Waals surface area (Å²) in [4.78, 5) is 27.6. The SMILES string of the molecule is C[C@@H](NC(O)c1cn2c(c(O)c1=O)C(=O)N1C3CCC1(CC3)C2)c1c(F)cc(F)cc1F. The highest BCUT2D eigenvalue weighted by molar-refractivity contribution is 5.97. The first-order valence-corrected chi connectivity index (χ1v) is 10.5. The molecule has 10 heteroatoms. The summed E-state index contributed by atoms with van der Waals surface area (Å²) in [5.74, 6) is -4.51. The number of rotatable bonds is 4.